The summed E-state index contributed by atoms with van der Waals surface area (Å²) in [4.78, 5) is 6.20. The van der Waals surface area contributed by atoms with Crippen LogP contribution in [0, 0.1) is 0 Å². The summed E-state index contributed by atoms with van der Waals surface area (Å²) in [5, 5.41) is 9.39. The first kappa shape index (κ1) is 13.1. The lowest BCUT2D eigenvalue weighted by Crippen LogP contribution is -2.28. The Morgan fingerprint density at radius 1 is 1.44 bits per heavy atom. The van der Waals surface area contributed by atoms with Gasteiger partial charge in [-0.1, -0.05) is 24.9 Å². The minimum atomic E-state index is 0.0951. The van der Waals surface area contributed by atoms with Gasteiger partial charge in [0, 0.05) is 24.8 Å². The SMILES string of the molecule is CCCCN(CCO)c1cc(N)cc(Cl)n1. The van der Waals surface area contributed by atoms with Crippen LogP contribution in [0.4, 0.5) is 11.5 Å². The molecule has 0 aliphatic rings. The van der Waals surface area contributed by atoms with Gasteiger partial charge in [0.25, 0.3) is 0 Å². The van der Waals surface area contributed by atoms with Gasteiger partial charge < -0.3 is 15.7 Å². The maximum Gasteiger partial charge on any atom is 0.133 e. The second kappa shape index (κ2) is 6.55. The van der Waals surface area contributed by atoms with Gasteiger partial charge in [-0.15, -0.1) is 0 Å². The molecule has 90 valence electrons. The van der Waals surface area contributed by atoms with E-state index in [0.29, 0.717) is 17.4 Å². The molecular weight excluding hydrogens is 226 g/mol. The maximum atomic E-state index is 9.00. The first-order valence-corrected chi connectivity index (χ1v) is 5.84. The van der Waals surface area contributed by atoms with Crippen molar-refractivity contribution in [3.05, 3.63) is 17.3 Å². The molecule has 1 heterocycles. The fourth-order valence-electron chi connectivity index (χ4n) is 1.47. The number of aromatic nitrogens is 1. The second-order valence-corrected chi connectivity index (χ2v) is 4.03. The minimum Gasteiger partial charge on any atom is -0.399 e. The van der Waals surface area contributed by atoms with Gasteiger partial charge in [0.1, 0.15) is 11.0 Å². The Balaban J connectivity index is 2.82. The summed E-state index contributed by atoms with van der Waals surface area (Å²) in [6.45, 7) is 3.62. The van der Waals surface area contributed by atoms with Crippen LogP contribution in [0.25, 0.3) is 0 Å². The van der Waals surface area contributed by atoms with E-state index in [1.165, 1.54) is 0 Å². The average Bonchev–Trinajstić information content (AvgIpc) is 2.22. The molecule has 0 atom stereocenters. The van der Waals surface area contributed by atoms with Gasteiger partial charge in [0.05, 0.1) is 6.61 Å². The number of anilines is 2. The Morgan fingerprint density at radius 2 is 2.19 bits per heavy atom. The number of nitrogens with two attached hydrogens (primary N) is 1. The molecule has 0 saturated carbocycles. The number of hydrogen-bond donors (Lipinski definition) is 2. The Labute approximate surface area is 101 Å². The Morgan fingerprint density at radius 3 is 2.75 bits per heavy atom. The summed E-state index contributed by atoms with van der Waals surface area (Å²) in [7, 11) is 0. The first-order chi connectivity index (χ1) is 7.67. The highest BCUT2D eigenvalue weighted by atomic mass is 35.5. The lowest BCUT2D eigenvalue weighted by Gasteiger charge is -2.22. The molecule has 0 amide bonds. The van der Waals surface area contributed by atoms with Crippen molar-refractivity contribution in [3.8, 4) is 0 Å². The van der Waals surface area contributed by atoms with Gasteiger partial charge in [-0.05, 0) is 12.5 Å². The predicted molar refractivity (Wildman–Crippen MR) is 67.9 cm³/mol. The van der Waals surface area contributed by atoms with Gasteiger partial charge in [-0.3, -0.25) is 0 Å². The molecule has 0 unspecified atom stereocenters. The number of rotatable bonds is 6. The Kier molecular flexibility index (Phi) is 5.35. The zero-order valence-electron chi connectivity index (χ0n) is 9.49. The predicted octanol–water partition coefficient (Wildman–Crippen LogP) is 1.92. The number of aliphatic hydroxyl groups is 1. The molecule has 0 saturated heterocycles. The number of hydrogen-bond acceptors (Lipinski definition) is 4. The van der Waals surface area contributed by atoms with Crippen LogP contribution in [0.1, 0.15) is 19.8 Å². The highest BCUT2D eigenvalue weighted by Crippen LogP contribution is 2.19. The van der Waals surface area contributed by atoms with Crippen LogP contribution in [-0.2, 0) is 0 Å². The van der Waals surface area contributed by atoms with Crippen LogP contribution >= 0.6 is 11.6 Å². The van der Waals surface area contributed by atoms with E-state index in [0.717, 1.165) is 25.2 Å². The van der Waals surface area contributed by atoms with Crippen molar-refractivity contribution in [2.24, 2.45) is 0 Å². The normalized spacial score (nSPS) is 10.4. The Bertz CT molecular complexity index is 313. The lowest BCUT2D eigenvalue weighted by molar-refractivity contribution is 0.301. The third kappa shape index (κ3) is 3.87. The average molecular weight is 244 g/mol. The number of unbranched alkanes of at least 4 members (excludes halogenated alkanes) is 1. The van der Waals surface area contributed by atoms with E-state index < -0.39 is 0 Å². The zero-order chi connectivity index (χ0) is 12.0. The minimum absolute atomic E-state index is 0.0951. The third-order valence-corrected chi connectivity index (χ3v) is 2.47. The van der Waals surface area contributed by atoms with Crippen LogP contribution in [0.3, 0.4) is 0 Å². The lowest BCUT2D eigenvalue weighted by atomic mass is 10.3. The number of pyridine rings is 1. The Hall–Kier alpha value is -1.00. The van der Waals surface area contributed by atoms with Crippen molar-refractivity contribution in [2.45, 2.75) is 19.8 Å². The molecule has 0 fully saturated rings. The molecule has 4 nitrogen and oxygen atoms in total. The number of halogens is 1. The van der Waals surface area contributed by atoms with Crippen molar-refractivity contribution in [1.29, 1.82) is 0 Å². The quantitative estimate of drug-likeness (QED) is 0.750. The summed E-state index contributed by atoms with van der Waals surface area (Å²) >= 11 is 5.85. The molecule has 0 spiro atoms. The molecule has 0 aromatic carbocycles. The highest BCUT2D eigenvalue weighted by molar-refractivity contribution is 6.29. The molecule has 5 heteroatoms. The molecule has 0 radical (unpaired) electrons. The van der Waals surface area contributed by atoms with Crippen molar-refractivity contribution in [2.75, 3.05) is 30.3 Å². The first-order valence-electron chi connectivity index (χ1n) is 5.46. The van der Waals surface area contributed by atoms with Gasteiger partial charge in [0.2, 0.25) is 0 Å². The fraction of sp³-hybridized carbons (Fsp3) is 0.545. The molecule has 16 heavy (non-hydrogen) atoms. The highest BCUT2D eigenvalue weighted by Gasteiger charge is 2.08. The molecule has 1 aromatic heterocycles. The van der Waals surface area contributed by atoms with E-state index in [1.54, 1.807) is 12.1 Å². The van der Waals surface area contributed by atoms with E-state index in [9.17, 15) is 0 Å². The van der Waals surface area contributed by atoms with Crippen molar-refractivity contribution < 1.29 is 5.11 Å². The molecule has 0 bridgehead atoms. The molecule has 1 aromatic rings. The smallest absolute Gasteiger partial charge is 0.133 e. The van der Waals surface area contributed by atoms with Gasteiger partial charge in [-0.2, -0.15) is 0 Å². The maximum absolute atomic E-state index is 9.00. The summed E-state index contributed by atoms with van der Waals surface area (Å²) in [6.07, 6.45) is 2.14. The summed E-state index contributed by atoms with van der Waals surface area (Å²) < 4.78 is 0. The van der Waals surface area contributed by atoms with Gasteiger partial charge in [-0.25, -0.2) is 4.98 Å². The van der Waals surface area contributed by atoms with Crippen LogP contribution in [0.15, 0.2) is 12.1 Å². The molecule has 0 aliphatic heterocycles. The largest absolute Gasteiger partial charge is 0.399 e. The second-order valence-electron chi connectivity index (χ2n) is 3.65. The van der Waals surface area contributed by atoms with E-state index in [1.807, 2.05) is 4.90 Å². The molecule has 0 aliphatic carbocycles. The number of nitrogen functional groups attached to an aromatic ring is 1. The van der Waals surface area contributed by atoms with Crippen LogP contribution < -0.4 is 10.6 Å². The van der Waals surface area contributed by atoms with Crippen LogP contribution in [-0.4, -0.2) is 29.8 Å². The summed E-state index contributed by atoms with van der Waals surface area (Å²) in [6, 6.07) is 3.39. The van der Waals surface area contributed by atoms with Crippen molar-refractivity contribution >= 4 is 23.1 Å². The number of nitrogens with zero attached hydrogens (tertiary/aromatic N) is 2. The standard InChI is InChI=1S/C11H18ClN3O/c1-2-3-4-15(5-6-16)11-8-9(13)7-10(12)14-11/h7-8,16H,2-6H2,1H3,(H2,13,14). The van der Waals surface area contributed by atoms with Gasteiger partial charge >= 0.3 is 0 Å². The van der Waals surface area contributed by atoms with E-state index in [4.69, 9.17) is 22.4 Å². The molecule has 1 rings (SSSR count). The zero-order valence-corrected chi connectivity index (χ0v) is 10.2. The summed E-state index contributed by atoms with van der Waals surface area (Å²) in [5.74, 6) is 0.729. The van der Waals surface area contributed by atoms with E-state index >= 15 is 0 Å². The molecule has 3 N–H and O–H groups in total. The van der Waals surface area contributed by atoms with Crippen molar-refractivity contribution in [3.63, 3.8) is 0 Å². The van der Waals surface area contributed by atoms with Crippen LogP contribution in [0.5, 0.6) is 0 Å². The third-order valence-electron chi connectivity index (χ3n) is 2.28. The van der Waals surface area contributed by atoms with E-state index in [2.05, 4.69) is 11.9 Å². The van der Waals surface area contributed by atoms with E-state index in [-0.39, 0.29) is 6.61 Å². The number of aliphatic hydroxyl groups excluding tert-OH is 1. The fourth-order valence-corrected chi connectivity index (χ4v) is 1.69. The van der Waals surface area contributed by atoms with Gasteiger partial charge in [0.15, 0.2) is 0 Å². The van der Waals surface area contributed by atoms with Crippen LogP contribution in [0.2, 0.25) is 5.15 Å². The molecular formula is C11H18ClN3O. The summed E-state index contributed by atoms with van der Waals surface area (Å²) in [5.41, 5.74) is 6.30. The topological polar surface area (TPSA) is 62.4 Å². The monoisotopic (exact) mass is 243 g/mol. The van der Waals surface area contributed by atoms with Crippen molar-refractivity contribution in [1.82, 2.24) is 4.98 Å².